The second-order valence-corrected chi connectivity index (χ2v) is 7.41. The van der Waals surface area contributed by atoms with E-state index in [4.69, 9.17) is 16.6 Å². The molecule has 2 saturated carbocycles. The summed E-state index contributed by atoms with van der Waals surface area (Å²) >= 11 is 4.96. The Morgan fingerprint density at radius 2 is 1.96 bits per heavy atom. The first kappa shape index (κ1) is 16.3. The molecule has 0 radical (unpaired) electrons. The lowest BCUT2D eigenvalue weighted by atomic mass is 9.85. The molecule has 2 aliphatic carbocycles. The fourth-order valence-corrected chi connectivity index (χ4v) is 3.66. The van der Waals surface area contributed by atoms with Crippen molar-refractivity contribution in [3.63, 3.8) is 0 Å². The van der Waals surface area contributed by atoms with Crippen LogP contribution in [-0.2, 0) is 4.79 Å². The van der Waals surface area contributed by atoms with E-state index < -0.39 is 0 Å². The quantitative estimate of drug-likeness (QED) is 0.732. The summed E-state index contributed by atoms with van der Waals surface area (Å²) in [4.78, 5) is 28.0. The van der Waals surface area contributed by atoms with Crippen molar-refractivity contribution >= 4 is 35.1 Å². The van der Waals surface area contributed by atoms with E-state index in [9.17, 15) is 9.59 Å². The molecule has 0 bridgehead atoms. The van der Waals surface area contributed by atoms with Crippen molar-refractivity contribution in [2.75, 3.05) is 0 Å². The lowest BCUT2D eigenvalue weighted by molar-refractivity contribution is -0.126. The van der Waals surface area contributed by atoms with E-state index in [0.717, 1.165) is 37.6 Å². The van der Waals surface area contributed by atoms with Gasteiger partial charge in [0.05, 0.1) is 5.52 Å². The van der Waals surface area contributed by atoms with Crippen LogP contribution in [0.15, 0.2) is 22.6 Å². The van der Waals surface area contributed by atoms with Crippen molar-refractivity contribution in [2.24, 2.45) is 5.92 Å². The molecule has 4 rings (SSSR count). The highest BCUT2D eigenvalue weighted by molar-refractivity contribution is 7.71. The Bertz CT molecular complexity index is 868. The van der Waals surface area contributed by atoms with Crippen LogP contribution < -0.4 is 10.6 Å². The van der Waals surface area contributed by atoms with Crippen LogP contribution in [0.1, 0.15) is 48.9 Å². The maximum atomic E-state index is 12.5. The van der Waals surface area contributed by atoms with Gasteiger partial charge in [0.2, 0.25) is 5.91 Å². The molecule has 25 heavy (non-hydrogen) atoms. The van der Waals surface area contributed by atoms with Gasteiger partial charge in [-0.2, -0.15) is 0 Å². The molecular weight excluding hydrogens is 338 g/mol. The van der Waals surface area contributed by atoms with Crippen LogP contribution >= 0.6 is 12.2 Å². The van der Waals surface area contributed by atoms with Crippen LogP contribution in [0.4, 0.5) is 0 Å². The molecule has 0 saturated heterocycles. The molecule has 1 aromatic heterocycles. The van der Waals surface area contributed by atoms with E-state index in [1.807, 2.05) is 0 Å². The molecular formula is C18H21N3O3S. The summed E-state index contributed by atoms with van der Waals surface area (Å²) in [5.74, 6) is 0.00835. The summed E-state index contributed by atoms with van der Waals surface area (Å²) in [5, 5.41) is 6.14. The van der Waals surface area contributed by atoms with Crippen molar-refractivity contribution in [1.29, 1.82) is 0 Å². The molecule has 1 aromatic carbocycles. The van der Waals surface area contributed by atoms with Gasteiger partial charge in [0.15, 0.2) is 5.58 Å². The number of benzene rings is 1. The SMILES string of the molecule is O=C(N[C@@H]1CCC[C@H](C(=O)NC2CC2)C1)c1ccc2[nH]c(=S)oc2c1. The van der Waals surface area contributed by atoms with E-state index >= 15 is 0 Å². The van der Waals surface area contributed by atoms with E-state index in [1.54, 1.807) is 18.2 Å². The molecule has 0 spiro atoms. The number of rotatable bonds is 4. The Balaban J connectivity index is 1.40. The summed E-state index contributed by atoms with van der Waals surface area (Å²) < 4.78 is 5.37. The highest BCUT2D eigenvalue weighted by atomic mass is 32.1. The normalized spacial score (nSPS) is 23.4. The predicted octanol–water partition coefficient (Wildman–Crippen LogP) is 3.06. The number of amides is 2. The van der Waals surface area contributed by atoms with Gasteiger partial charge in [-0.3, -0.25) is 9.59 Å². The van der Waals surface area contributed by atoms with Crippen LogP contribution in [0, 0.1) is 10.8 Å². The number of carbonyl (C=O) groups is 2. The van der Waals surface area contributed by atoms with Gasteiger partial charge in [-0.25, -0.2) is 0 Å². The van der Waals surface area contributed by atoms with Crippen molar-refractivity contribution in [3.05, 3.63) is 28.6 Å². The summed E-state index contributed by atoms with van der Waals surface area (Å²) in [6, 6.07) is 5.64. The first-order valence-electron chi connectivity index (χ1n) is 8.82. The fourth-order valence-electron chi connectivity index (χ4n) is 3.46. The maximum absolute atomic E-state index is 12.5. The molecule has 2 fully saturated rings. The Labute approximate surface area is 150 Å². The maximum Gasteiger partial charge on any atom is 0.266 e. The van der Waals surface area contributed by atoms with Gasteiger partial charge < -0.3 is 20.0 Å². The van der Waals surface area contributed by atoms with E-state index in [2.05, 4.69) is 15.6 Å². The van der Waals surface area contributed by atoms with Gasteiger partial charge in [0.25, 0.3) is 10.7 Å². The molecule has 2 aromatic rings. The minimum absolute atomic E-state index is 0.00424. The summed E-state index contributed by atoms with van der Waals surface area (Å²) in [7, 11) is 0. The van der Waals surface area contributed by atoms with Gasteiger partial charge in [-0.1, -0.05) is 6.42 Å². The highest BCUT2D eigenvalue weighted by Crippen LogP contribution is 2.27. The van der Waals surface area contributed by atoms with Gasteiger partial charge in [-0.15, -0.1) is 0 Å². The number of aromatic amines is 1. The smallest absolute Gasteiger partial charge is 0.266 e. The van der Waals surface area contributed by atoms with Gasteiger partial charge >= 0.3 is 0 Å². The number of aromatic nitrogens is 1. The number of hydrogen-bond acceptors (Lipinski definition) is 4. The van der Waals surface area contributed by atoms with Crippen LogP contribution in [0.5, 0.6) is 0 Å². The second-order valence-electron chi connectivity index (χ2n) is 7.04. The minimum Gasteiger partial charge on any atom is -0.429 e. The Morgan fingerprint density at radius 3 is 2.76 bits per heavy atom. The van der Waals surface area contributed by atoms with Gasteiger partial charge in [-0.05, 0) is 62.5 Å². The number of oxazole rings is 1. The van der Waals surface area contributed by atoms with Crippen molar-refractivity contribution in [3.8, 4) is 0 Å². The largest absolute Gasteiger partial charge is 0.429 e. The molecule has 1 heterocycles. The number of hydrogen-bond donors (Lipinski definition) is 3. The molecule has 2 aliphatic rings. The first-order chi connectivity index (χ1) is 12.1. The molecule has 2 atom stereocenters. The van der Waals surface area contributed by atoms with Crippen LogP contribution in [0.25, 0.3) is 11.1 Å². The molecule has 0 unspecified atom stereocenters. The molecule has 6 nitrogen and oxygen atoms in total. The van der Waals surface area contributed by atoms with Crippen LogP contribution in [0.3, 0.4) is 0 Å². The molecule has 2 amide bonds. The predicted molar refractivity (Wildman–Crippen MR) is 95.8 cm³/mol. The first-order valence-corrected chi connectivity index (χ1v) is 9.23. The van der Waals surface area contributed by atoms with E-state index in [0.29, 0.717) is 28.4 Å². The number of fused-ring (bicyclic) bond motifs is 1. The lowest BCUT2D eigenvalue weighted by Gasteiger charge is -2.29. The van der Waals surface area contributed by atoms with Crippen molar-refractivity contribution < 1.29 is 14.0 Å². The lowest BCUT2D eigenvalue weighted by Crippen LogP contribution is -2.42. The molecule has 132 valence electrons. The Kier molecular flexibility index (Phi) is 4.33. The summed E-state index contributed by atoms with van der Waals surface area (Å²) in [6.45, 7) is 0. The average molecular weight is 359 g/mol. The Hall–Kier alpha value is -2.15. The van der Waals surface area contributed by atoms with Crippen molar-refractivity contribution in [2.45, 2.75) is 50.6 Å². The van der Waals surface area contributed by atoms with Crippen molar-refractivity contribution in [1.82, 2.24) is 15.6 Å². The summed E-state index contributed by atoms with van der Waals surface area (Å²) in [6.07, 6.45) is 5.66. The van der Waals surface area contributed by atoms with E-state index in [-0.39, 0.29) is 23.8 Å². The zero-order valence-corrected chi connectivity index (χ0v) is 14.7. The van der Waals surface area contributed by atoms with Crippen LogP contribution in [0.2, 0.25) is 0 Å². The highest BCUT2D eigenvalue weighted by Gasteiger charge is 2.31. The number of carbonyl (C=O) groups excluding carboxylic acids is 2. The van der Waals surface area contributed by atoms with Gasteiger partial charge in [0, 0.05) is 23.6 Å². The third-order valence-corrected chi connectivity index (χ3v) is 5.17. The molecule has 0 aliphatic heterocycles. The standard InChI is InChI=1S/C18H21N3O3S/c22-16(19-12-5-6-12)10-2-1-3-13(8-10)20-17(23)11-4-7-14-15(9-11)24-18(25)21-14/h4,7,9-10,12-13H,1-3,5-6,8H2,(H,19,22)(H,20,23)(H,21,25)/t10-,13+/m0/s1. The zero-order chi connectivity index (χ0) is 17.4. The molecule has 7 heteroatoms. The third kappa shape index (κ3) is 3.76. The fraction of sp³-hybridized carbons (Fsp3) is 0.500. The van der Waals surface area contributed by atoms with E-state index in [1.165, 1.54) is 0 Å². The second kappa shape index (κ2) is 6.63. The molecule has 3 N–H and O–H groups in total. The topological polar surface area (TPSA) is 87.1 Å². The third-order valence-electron chi connectivity index (χ3n) is 4.99. The number of H-pyrrole nitrogens is 1. The monoisotopic (exact) mass is 359 g/mol. The zero-order valence-electron chi connectivity index (χ0n) is 13.8. The average Bonchev–Trinajstić information content (AvgIpc) is 3.32. The summed E-state index contributed by atoms with van der Waals surface area (Å²) in [5.41, 5.74) is 1.88. The van der Waals surface area contributed by atoms with Crippen LogP contribution in [-0.4, -0.2) is 28.9 Å². The van der Waals surface area contributed by atoms with Gasteiger partial charge in [0.1, 0.15) is 0 Å². The Morgan fingerprint density at radius 1 is 1.12 bits per heavy atom. The minimum atomic E-state index is -0.141. The number of nitrogens with one attached hydrogen (secondary N) is 3.